The first-order valence-electron chi connectivity index (χ1n) is 7.67. The van der Waals surface area contributed by atoms with Crippen molar-refractivity contribution in [1.82, 2.24) is 19.7 Å². The quantitative estimate of drug-likeness (QED) is 0.601. The van der Waals surface area contributed by atoms with Crippen molar-refractivity contribution >= 4 is 16.6 Å². The molecule has 0 unspecified atom stereocenters. The number of nitrogens with one attached hydrogen (secondary N) is 2. The number of hydrogen-bond donors (Lipinski definition) is 2. The van der Waals surface area contributed by atoms with Crippen LogP contribution in [0.25, 0.3) is 16.6 Å². The van der Waals surface area contributed by atoms with Gasteiger partial charge in [-0.3, -0.25) is 4.98 Å². The standard InChI is InChI=1S/C18H16FN5/c1-12-18(11-24(23-12)16-7-14(19)8-20-10-16)21-9-15-6-13-4-2-3-5-17(13)22-15/h2-8,10-11,21-22H,9H2,1H3. The molecule has 0 aliphatic rings. The van der Waals surface area contributed by atoms with Crippen molar-refractivity contribution in [3.8, 4) is 5.69 Å². The maximum absolute atomic E-state index is 13.3. The summed E-state index contributed by atoms with van der Waals surface area (Å²) in [5.74, 6) is -0.381. The molecule has 0 radical (unpaired) electrons. The van der Waals surface area contributed by atoms with Gasteiger partial charge in [-0.05, 0) is 24.4 Å². The van der Waals surface area contributed by atoms with Gasteiger partial charge in [0, 0.05) is 17.3 Å². The molecule has 0 fully saturated rings. The van der Waals surface area contributed by atoms with E-state index >= 15 is 0 Å². The zero-order valence-corrected chi connectivity index (χ0v) is 13.1. The topological polar surface area (TPSA) is 58.5 Å². The van der Waals surface area contributed by atoms with Crippen LogP contribution in [0.4, 0.5) is 10.1 Å². The molecule has 0 amide bonds. The maximum Gasteiger partial charge on any atom is 0.143 e. The van der Waals surface area contributed by atoms with Crippen molar-refractivity contribution < 1.29 is 4.39 Å². The Kier molecular flexibility index (Phi) is 3.49. The van der Waals surface area contributed by atoms with Crippen molar-refractivity contribution in [2.75, 3.05) is 5.32 Å². The SMILES string of the molecule is Cc1nn(-c2cncc(F)c2)cc1NCc1cc2ccccc2[nH]1. The molecule has 1 aromatic carbocycles. The Morgan fingerprint density at radius 3 is 2.92 bits per heavy atom. The molecule has 6 heteroatoms. The summed E-state index contributed by atoms with van der Waals surface area (Å²) < 4.78 is 14.9. The fourth-order valence-electron chi connectivity index (χ4n) is 2.71. The summed E-state index contributed by atoms with van der Waals surface area (Å²) in [7, 11) is 0. The lowest BCUT2D eigenvalue weighted by Gasteiger charge is -2.02. The fourth-order valence-corrected chi connectivity index (χ4v) is 2.71. The normalized spacial score (nSPS) is 11.1. The predicted octanol–water partition coefficient (Wildman–Crippen LogP) is 3.81. The van der Waals surface area contributed by atoms with E-state index in [1.54, 1.807) is 10.9 Å². The van der Waals surface area contributed by atoms with E-state index in [1.807, 2.05) is 25.3 Å². The molecule has 3 aromatic heterocycles. The second-order valence-corrected chi connectivity index (χ2v) is 5.67. The highest BCUT2D eigenvalue weighted by atomic mass is 19.1. The van der Waals surface area contributed by atoms with Gasteiger partial charge in [-0.15, -0.1) is 0 Å². The van der Waals surface area contributed by atoms with Crippen molar-refractivity contribution in [3.05, 3.63) is 72.2 Å². The van der Waals surface area contributed by atoms with Crippen LogP contribution in [0.2, 0.25) is 0 Å². The minimum Gasteiger partial charge on any atom is -0.377 e. The number of pyridine rings is 1. The minimum atomic E-state index is -0.381. The van der Waals surface area contributed by atoms with Crippen LogP contribution < -0.4 is 5.32 Å². The van der Waals surface area contributed by atoms with Crippen LogP contribution in [0, 0.1) is 12.7 Å². The highest BCUT2D eigenvalue weighted by Crippen LogP contribution is 2.19. The third-order valence-electron chi connectivity index (χ3n) is 3.91. The first kappa shape index (κ1) is 14.4. The molecule has 0 saturated carbocycles. The second-order valence-electron chi connectivity index (χ2n) is 5.67. The lowest BCUT2D eigenvalue weighted by Crippen LogP contribution is -1.99. The molecule has 120 valence electrons. The Morgan fingerprint density at radius 2 is 2.08 bits per heavy atom. The highest BCUT2D eigenvalue weighted by Gasteiger charge is 2.08. The smallest absolute Gasteiger partial charge is 0.143 e. The van der Waals surface area contributed by atoms with E-state index in [0.717, 1.165) is 22.6 Å². The number of hydrogen-bond acceptors (Lipinski definition) is 3. The van der Waals surface area contributed by atoms with E-state index in [2.05, 4.69) is 38.6 Å². The first-order chi connectivity index (χ1) is 11.7. The molecule has 0 atom stereocenters. The molecule has 3 heterocycles. The number of aromatic amines is 1. The van der Waals surface area contributed by atoms with Crippen LogP contribution in [-0.2, 0) is 6.54 Å². The van der Waals surface area contributed by atoms with Gasteiger partial charge in [0.25, 0.3) is 0 Å². The number of H-pyrrole nitrogens is 1. The Balaban J connectivity index is 1.54. The highest BCUT2D eigenvalue weighted by molar-refractivity contribution is 5.80. The van der Waals surface area contributed by atoms with Gasteiger partial charge in [-0.2, -0.15) is 5.10 Å². The molecule has 4 aromatic rings. The van der Waals surface area contributed by atoms with Crippen molar-refractivity contribution in [2.45, 2.75) is 13.5 Å². The number of anilines is 1. The van der Waals surface area contributed by atoms with Gasteiger partial charge in [0.1, 0.15) is 5.82 Å². The summed E-state index contributed by atoms with van der Waals surface area (Å²) in [5, 5.41) is 8.97. The lowest BCUT2D eigenvalue weighted by atomic mass is 10.2. The molecule has 2 N–H and O–H groups in total. The number of halogens is 1. The van der Waals surface area contributed by atoms with Crippen LogP contribution in [0.5, 0.6) is 0 Å². The maximum atomic E-state index is 13.3. The van der Waals surface area contributed by atoms with Crippen LogP contribution >= 0.6 is 0 Å². The number of nitrogens with zero attached hydrogens (tertiary/aromatic N) is 3. The molecule has 4 rings (SSSR count). The van der Waals surface area contributed by atoms with Gasteiger partial charge >= 0.3 is 0 Å². The summed E-state index contributed by atoms with van der Waals surface area (Å²) in [5.41, 5.74) is 4.55. The van der Waals surface area contributed by atoms with Crippen LogP contribution in [0.15, 0.2) is 55.0 Å². The van der Waals surface area contributed by atoms with E-state index in [1.165, 1.54) is 17.6 Å². The van der Waals surface area contributed by atoms with E-state index in [-0.39, 0.29) is 5.82 Å². The Labute approximate surface area is 138 Å². The van der Waals surface area contributed by atoms with Gasteiger partial charge in [0.15, 0.2) is 0 Å². The third kappa shape index (κ3) is 2.74. The average Bonchev–Trinajstić information content (AvgIpc) is 3.16. The first-order valence-corrected chi connectivity index (χ1v) is 7.67. The molecule has 0 saturated heterocycles. The predicted molar refractivity (Wildman–Crippen MR) is 91.7 cm³/mol. The number of aryl methyl sites for hydroxylation is 1. The molecule has 24 heavy (non-hydrogen) atoms. The van der Waals surface area contributed by atoms with E-state index in [9.17, 15) is 4.39 Å². The average molecular weight is 321 g/mol. The van der Waals surface area contributed by atoms with Crippen molar-refractivity contribution in [2.24, 2.45) is 0 Å². The van der Waals surface area contributed by atoms with Gasteiger partial charge in [-0.1, -0.05) is 18.2 Å². The third-order valence-corrected chi connectivity index (χ3v) is 3.91. The number of benzene rings is 1. The van der Waals surface area contributed by atoms with Crippen molar-refractivity contribution in [1.29, 1.82) is 0 Å². The monoisotopic (exact) mass is 321 g/mol. The van der Waals surface area contributed by atoms with Crippen LogP contribution in [0.3, 0.4) is 0 Å². The molecule has 0 aliphatic heterocycles. The summed E-state index contributed by atoms with van der Waals surface area (Å²) in [6.07, 6.45) is 4.60. The summed E-state index contributed by atoms with van der Waals surface area (Å²) in [6.45, 7) is 2.57. The summed E-state index contributed by atoms with van der Waals surface area (Å²) in [6, 6.07) is 11.7. The van der Waals surface area contributed by atoms with E-state index < -0.39 is 0 Å². The fraction of sp³-hybridized carbons (Fsp3) is 0.111. The number of para-hydroxylation sites is 1. The molecule has 0 aliphatic carbocycles. The number of aromatic nitrogens is 4. The van der Waals surface area contributed by atoms with E-state index in [4.69, 9.17) is 0 Å². The molecular weight excluding hydrogens is 305 g/mol. The zero-order valence-electron chi connectivity index (χ0n) is 13.1. The minimum absolute atomic E-state index is 0.381. The molecular formula is C18H16FN5. The van der Waals surface area contributed by atoms with Crippen LogP contribution in [-0.4, -0.2) is 19.7 Å². The van der Waals surface area contributed by atoms with Gasteiger partial charge in [-0.25, -0.2) is 9.07 Å². The molecule has 5 nitrogen and oxygen atoms in total. The van der Waals surface area contributed by atoms with E-state index in [0.29, 0.717) is 12.2 Å². The Bertz CT molecular complexity index is 968. The summed E-state index contributed by atoms with van der Waals surface area (Å²) in [4.78, 5) is 7.24. The number of fused-ring (bicyclic) bond motifs is 1. The molecule has 0 spiro atoms. The van der Waals surface area contributed by atoms with Gasteiger partial charge < -0.3 is 10.3 Å². The van der Waals surface area contributed by atoms with Gasteiger partial charge in [0.05, 0.1) is 42.2 Å². The lowest BCUT2D eigenvalue weighted by molar-refractivity contribution is 0.618. The Hall–Kier alpha value is -3.15. The van der Waals surface area contributed by atoms with Crippen molar-refractivity contribution in [3.63, 3.8) is 0 Å². The Morgan fingerprint density at radius 1 is 1.21 bits per heavy atom. The molecule has 0 bridgehead atoms. The number of rotatable bonds is 4. The summed E-state index contributed by atoms with van der Waals surface area (Å²) >= 11 is 0. The van der Waals surface area contributed by atoms with Gasteiger partial charge in [0.2, 0.25) is 0 Å². The van der Waals surface area contributed by atoms with Crippen LogP contribution in [0.1, 0.15) is 11.4 Å². The second kappa shape index (κ2) is 5.81. The largest absolute Gasteiger partial charge is 0.377 e. The zero-order chi connectivity index (χ0) is 16.5.